The molecule has 21 heavy (non-hydrogen) atoms. The van der Waals surface area contributed by atoms with Crippen LogP contribution in [0.2, 0.25) is 0 Å². The number of pyridine rings is 1. The van der Waals surface area contributed by atoms with Crippen molar-refractivity contribution in [2.75, 3.05) is 7.11 Å². The second-order valence-electron chi connectivity index (χ2n) is 4.59. The van der Waals surface area contributed by atoms with Crippen molar-refractivity contribution in [3.05, 3.63) is 59.9 Å². The number of hydrogen-bond acceptors (Lipinski definition) is 5. The van der Waals surface area contributed by atoms with E-state index in [1.165, 1.54) is 7.11 Å². The van der Waals surface area contributed by atoms with Crippen LogP contribution in [-0.2, 0) is 22.6 Å². The van der Waals surface area contributed by atoms with Crippen LogP contribution < -0.4 is 10.5 Å². The van der Waals surface area contributed by atoms with Crippen molar-refractivity contribution in [1.82, 2.24) is 4.98 Å². The molecule has 0 saturated heterocycles. The first-order valence-corrected chi connectivity index (χ1v) is 6.64. The Morgan fingerprint density at radius 2 is 2.14 bits per heavy atom. The molecule has 1 heterocycles. The summed E-state index contributed by atoms with van der Waals surface area (Å²) >= 11 is 0. The minimum Gasteiger partial charge on any atom is -0.487 e. The molecule has 0 fully saturated rings. The summed E-state index contributed by atoms with van der Waals surface area (Å²) < 4.78 is 10.3. The summed E-state index contributed by atoms with van der Waals surface area (Å²) in [5, 5.41) is 0. The van der Waals surface area contributed by atoms with Gasteiger partial charge in [0.2, 0.25) is 0 Å². The second kappa shape index (κ2) is 7.40. The zero-order valence-electron chi connectivity index (χ0n) is 11.9. The Hall–Kier alpha value is -2.40. The Kier molecular flexibility index (Phi) is 5.29. The molecule has 2 aromatic rings. The second-order valence-corrected chi connectivity index (χ2v) is 4.59. The van der Waals surface area contributed by atoms with Gasteiger partial charge in [-0.15, -0.1) is 0 Å². The molecular weight excluding hydrogens is 268 g/mol. The van der Waals surface area contributed by atoms with Crippen molar-refractivity contribution in [1.29, 1.82) is 0 Å². The lowest BCUT2D eigenvalue weighted by atomic mass is 10.1. The molecule has 1 aromatic heterocycles. The summed E-state index contributed by atoms with van der Waals surface area (Å²) in [4.78, 5) is 15.5. The van der Waals surface area contributed by atoms with Crippen molar-refractivity contribution in [2.45, 2.75) is 19.1 Å². The third-order valence-corrected chi connectivity index (χ3v) is 2.97. The lowest BCUT2D eigenvalue weighted by Gasteiger charge is -2.11. The summed E-state index contributed by atoms with van der Waals surface area (Å²) in [6, 6.07) is 12.5. The van der Waals surface area contributed by atoms with Gasteiger partial charge in [0.15, 0.2) is 0 Å². The number of rotatable bonds is 6. The predicted octanol–water partition coefficient (Wildman–Crippen LogP) is 1.70. The van der Waals surface area contributed by atoms with E-state index >= 15 is 0 Å². The predicted molar refractivity (Wildman–Crippen MR) is 78.7 cm³/mol. The van der Waals surface area contributed by atoms with Gasteiger partial charge in [0.1, 0.15) is 18.4 Å². The van der Waals surface area contributed by atoms with Crippen molar-refractivity contribution in [3.8, 4) is 5.75 Å². The van der Waals surface area contributed by atoms with E-state index in [-0.39, 0.29) is 0 Å². The molecule has 1 aromatic carbocycles. The van der Waals surface area contributed by atoms with E-state index in [9.17, 15) is 4.79 Å². The van der Waals surface area contributed by atoms with Crippen LogP contribution in [0.15, 0.2) is 48.7 Å². The van der Waals surface area contributed by atoms with Crippen LogP contribution in [0.1, 0.15) is 11.3 Å². The van der Waals surface area contributed by atoms with Gasteiger partial charge >= 0.3 is 5.97 Å². The van der Waals surface area contributed by atoms with Gasteiger partial charge in [-0.3, -0.25) is 9.78 Å². The maximum atomic E-state index is 11.3. The topological polar surface area (TPSA) is 74.4 Å². The Balaban J connectivity index is 1.96. The highest BCUT2D eigenvalue weighted by molar-refractivity contribution is 5.75. The van der Waals surface area contributed by atoms with Gasteiger partial charge in [0.25, 0.3) is 0 Å². The van der Waals surface area contributed by atoms with Gasteiger partial charge in [-0.1, -0.05) is 18.2 Å². The number of carbonyl (C=O) groups excluding carboxylic acids is 1. The van der Waals surface area contributed by atoms with E-state index in [1.54, 1.807) is 6.20 Å². The van der Waals surface area contributed by atoms with Crippen molar-refractivity contribution in [2.24, 2.45) is 5.73 Å². The normalized spacial score (nSPS) is 11.7. The van der Waals surface area contributed by atoms with E-state index in [0.717, 1.165) is 17.0 Å². The molecule has 0 bridgehead atoms. The number of nitrogens with zero attached hydrogens (tertiary/aromatic N) is 1. The highest BCUT2D eigenvalue weighted by Crippen LogP contribution is 2.16. The lowest BCUT2D eigenvalue weighted by molar-refractivity contribution is -0.142. The van der Waals surface area contributed by atoms with E-state index in [2.05, 4.69) is 9.72 Å². The molecule has 0 spiro atoms. The van der Waals surface area contributed by atoms with E-state index in [0.29, 0.717) is 13.0 Å². The van der Waals surface area contributed by atoms with Crippen molar-refractivity contribution >= 4 is 5.97 Å². The maximum absolute atomic E-state index is 11.3. The number of ether oxygens (including phenoxy) is 2. The van der Waals surface area contributed by atoms with E-state index in [4.69, 9.17) is 10.5 Å². The highest BCUT2D eigenvalue weighted by Gasteiger charge is 2.14. The number of hydrogen-bond donors (Lipinski definition) is 1. The fourth-order valence-corrected chi connectivity index (χ4v) is 1.89. The molecule has 5 heteroatoms. The van der Waals surface area contributed by atoms with Crippen molar-refractivity contribution in [3.63, 3.8) is 0 Å². The first kappa shape index (κ1) is 15.0. The van der Waals surface area contributed by atoms with Gasteiger partial charge in [-0.25, -0.2) is 0 Å². The monoisotopic (exact) mass is 286 g/mol. The molecule has 0 aliphatic heterocycles. The summed E-state index contributed by atoms with van der Waals surface area (Å²) in [6.45, 7) is 0.396. The molecule has 0 aliphatic carbocycles. The first-order chi connectivity index (χ1) is 10.2. The van der Waals surface area contributed by atoms with Crippen LogP contribution >= 0.6 is 0 Å². The van der Waals surface area contributed by atoms with Crippen LogP contribution in [0.4, 0.5) is 0 Å². The zero-order valence-corrected chi connectivity index (χ0v) is 11.9. The average Bonchev–Trinajstić information content (AvgIpc) is 2.53. The van der Waals surface area contributed by atoms with Gasteiger partial charge < -0.3 is 15.2 Å². The summed E-state index contributed by atoms with van der Waals surface area (Å²) in [5.74, 6) is 0.296. The molecule has 1 unspecified atom stereocenters. The third kappa shape index (κ3) is 4.57. The standard InChI is InChI=1S/C16H18N2O3/c1-20-16(19)15(17)10-12-5-4-7-14(9-12)21-11-13-6-2-3-8-18-13/h2-9,15H,10-11,17H2,1H3. The molecule has 0 saturated carbocycles. The van der Waals surface area contributed by atoms with Crippen LogP contribution in [0.3, 0.4) is 0 Å². The summed E-state index contributed by atoms with van der Waals surface area (Å²) in [6.07, 6.45) is 2.14. The molecule has 0 radical (unpaired) electrons. The average molecular weight is 286 g/mol. The Morgan fingerprint density at radius 1 is 1.29 bits per heavy atom. The SMILES string of the molecule is COC(=O)C(N)Cc1cccc(OCc2ccccn2)c1. The zero-order chi connectivity index (χ0) is 15.1. The number of aromatic nitrogens is 1. The van der Waals surface area contributed by atoms with Crippen LogP contribution in [0.25, 0.3) is 0 Å². The molecule has 2 rings (SSSR count). The number of benzene rings is 1. The molecule has 1 atom stereocenters. The minimum absolute atomic E-state index is 0.396. The molecule has 0 aliphatic rings. The molecule has 5 nitrogen and oxygen atoms in total. The van der Waals surface area contributed by atoms with Crippen LogP contribution in [0, 0.1) is 0 Å². The number of nitrogens with two attached hydrogens (primary N) is 1. The molecular formula is C16H18N2O3. The molecule has 2 N–H and O–H groups in total. The largest absolute Gasteiger partial charge is 0.487 e. The van der Waals surface area contributed by atoms with Crippen molar-refractivity contribution < 1.29 is 14.3 Å². The van der Waals surface area contributed by atoms with E-state index < -0.39 is 12.0 Å². The highest BCUT2D eigenvalue weighted by atomic mass is 16.5. The lowest BCUT2D eigenvalue weighted by Crippen LogP contribution is -2.33. The first-order valence-electron chi connectivity index (χ1n) is 6.64. The number of esters is 1. The van der Waals surface area contributed by atoms with Gasteiger partial charge in [0.05, 0.1) is 12.8 Å². The van der Waals surface area contributed by atoms with Crippen LogP contribution in [0.5, 0.6) is 5.75 Å². The quantitative estimate of drug-likeness (QED) is 0.818. The van der Waals surface area contributed by atoms with E-state index in [1.807, 2.05) is 42.5 Å². The number of carbonyl (C=O) groups is 1. The molecule has 110 valence electrons. The minimum atomic E-state index is -0.666. The fourth-order valence-electron chi connectivity index (χ4n) is 1.89. The maximum Gasteiger partial charge on any atom is 0.322 e. The fraction of sp³-hybridized carbons (Fsp3) is 0.250. The Morgan fingerprint density at radius 3 is 2.86 bits per heavy atom. The summed E-state index contributed by atoms with van der Waals surface area (Å²) in [7, 11) is 1.33. The third-order valence-electron chi connectivity index (χ3n) is 2.97. The smallest absolute Gasteiger partial charge is 0.322 e. The summed E-state index contributed by atoms with van der Waals surface area (Å²) in [5.41, 5.74) is 7.53. The van der Waals surface area contributed by atoms with Crippen LogP contribution in [-0.4, -0.2) is 24.1 Å². The van der Waals surface area contributed by atoms with Gasteiger partial charge in [-0.2, -0.15) is 0 Å². The number of methoxy groups -OCH3 is 1. The van der Waals surface area contributed by atoms with Gasteiger partial charge in [-0.05, 0) is 36.2 Å². The van der Waals surface area contributed by atoms with Gasteiger partial charge in [0, 0.05) is 6.20 Å². The Bertz CT molecular complexity index is 587. The molecule has 0 amide bonds. The Labute approximate surface area is 123 Å².